The van der Waals surface area contributed by atoms with E-state index in [1.165, 1.54) is 6.26 Å². The molecule has 4 N–H and O–H groups in total. The van der Waals surface area contributed by atoms with Crippen LogP contribution in [0.15, 0.2) is 22.8 Å². The van der Waals surface area contributed by atoms with Crippen molar-refractivity contribution in [3.05, 3.63) is 24.2 Å². The van der Waals surface area contributed by atoms with E-state index in [-0.39, 0.29) is 18.4 Å². The number of hydrogen-bond donors (Lipinski definition) is 3. The molecule has 0 saturated carbocycles. The molecule has 1 rings (SSSR count). The number of aliphatic hydroxyl groups is 1. The smallest absolute Gasteiger partial charge is 0.218 e. The third-order valence-corrected chi connectivity index (χ3v) is 2.04. The number of carbonyl (C=O) groups is 1. The van der Waals surface area contributed by atoms with Crippen molar-refractivity contribution < 1.29 is 14.3 Å². The molecular formula is C10H16N2O3. The first-order valence-electron chi connectivity index (χ1n) is 4.82. The third-order valence-electron chi connectivity index (χ3n) is 2.04. The summed E-state index contributed by atoms with van der Waals surface area (Å²) in [4.78, 5) is 10.6. The number of aliphatic hydroxyl groups excluding tert-OH is 1. The molecule has 0 aliphatic heterocycles. The van der Waals surface area contributed by atoms with Gasteiger partial charge in [-0.25, -0.2) is 0 Å². The molecule has 0 saturated heterocycles. The lowest BCUT2D eigenvalue weighted by atomic mass is 10.2. The van der Waals surface area contributed by atoms with Crippen LogP contribution in [0.1, 0.15) is 25.2 Å². The van der Waals surface area contributed by atoms with Crippen molar-refractivity contribution in [1.29, 1.82) is 0 Å². The fourth-order valence-electron chi connectivity index (χ4n) is 1.27. The van der Waals surface area contributed by atoms with Gasteiger partial charge in [-0.1, -0.05) is 0 Å². The second kappa shape index (κ2) is 5.53. The summed E-state index contributed by atoms with van der Waals surface area (Å²) in [6, 6.07) is 3.36. The second-order valence-electron chi connectivity index (χ2n) is 3.51. The van der Waals surface area contributed by atoms with Crippen molar-refractivity contribution in [2.45, 2.75) is 25.5 Å². The van der Waals surface area contributed by atoms with Gasteiger partial charge in [0.15, 0.2) is 0 Å². The molecule has 1 aromatic heterocycles. The molecule has 15 heavy (non-hydrogen) atoms. The van der Waals surface area contributed by atoms with Crippen LogP contribution in [0.5, 0.6) is 0 Å². The predicted octanol–water partition coefficient (Wildman–Crippen LogP) is 0.166. The van der Waals surface area contributed by atoms with Gasteiger partial charge in [0.05, 0.1) is 6.26 Å². The maximum atomic E-state index is 10.6. The molecule has 0 aromatic carbocycles. The van der Waals surface area contributed by atoms with Crippen molar-refractivity contribution >= 4 is 5.91 Å². The van der Waals surface area contributed by atoms with Gasteiger partial charge in [0.25, 0.3) is 0 Å². The second-order valence-corrected chi connectivity index (χ2v) is 3.51. The first kappa shape index (κ1) is 11.7. The fourth-order valence-corrected chi connectivity index (χ4v) is 1.27. The molecule has 1 aromatic rings. The third kappa shape index (κ3) is 4.14. The molecule has 0 aliphatic carbocycles. The maximum Gasteiger partial charge on any atom is 0.218 e. The Morgan fingerprint density at radius 1 is 1.73 bits per heavy atom. The van der Waals surface area contributed by atoms with Gasteiger partial charge in [0.2, 0.25) is 5.91 Å². The Bertz CT molecular complexity index is 298. The van der Waals surface area contributed by atoms with Gasteiger partial charge in [0.1, 0.15) is 11.9 Å². The first-order chi connectivity index (χ1) is 7.09. The summed E-state index contributed by atoms with van der Waals surface area (Å²) in [7, 11) is 0. The van der Waals surface area contributed by atoms with Crippen molar-refractivity contribution in [2.75, 3.05) is 6.54 Å². The van der Waals surface area contributed by atoms with Crippen LogP contribution < -0.4 is 11.1 Å². The van der Waals surface area contributed by atoms with E-state index in [0.717, 1.165) is 0 Å². The quantitative estimate of drug-likeness (QED) is 0.627. The predicted molar refractivity (Wildman–Crippen MR) is 54.9 cm³/mol. The van der Waals surface area contributed by atoms with E-state index < -0.39 is 6.10 Å². The summed E-state index contributed by atoms with van der Waals surface area (Å²) < 4.78 is 5.03. The van der Waals surface area contributed by atoms with Gasteiger partial charge in [-0.05, 0) is 19.1 Å². The lowest BCUT2D eigenvalue weighted by Crippen LogP contribution is -2.33. The van der Waals surface area contributed by atoms with Crippen LogP contribution in [-0.4, -0.2) is 23.6 Å². The molecule has 2 unspecified atom stereocenters. The Hall–Kier alpha value is -1.33. The summed E-state index contributed by atoms with van der Waals surface area (Å²) in [5, 5.41) is 12.6. The SMILES string of the molecule is CC(CC(N)=O)NCC(O)c1ccco1. The minimum Gasteiger partial charge on any atom is -0.467 e. The molecule has 1 heterocycles. The number of amides is 1. The monoisotopic (exact) mass is 212 g/mol. The van der Waals surface area contributed by atoms with Crippen LogP contribution >= 0.6 is 0 Å². The van der Waals surface area contributed by atoms with Crippen molar-refractivity contribution in [3.63, 3.8) is 0 Å². The van der Waals surface area contributed by atoms with Crippen LogP contribution in [0.2, 0.25) is 0 Å². The van der Waals surface area contributed by atoms with Gasteiger partial charge in [-0.15, -0.1) is 0 Å². The molecule has 0 fully saturated rings. The number of carbonyl (C=O) groups excluding carboxylic acids is 1. The average molecular weight is 212 g/mol. The van der Waals surface area contributed by atoms with Gasteiger partial charge in [0, 0.05) is 19.0 Å². The number of hydrogen-bond acceptors (Lipinski definition) is 4. The van der Waals surface area contributed by atoms with Crippen LogP contribution in [0.4, 0.5) is 0 Å². The van der Waals surface area contributed by atoms with E-state index in [1.54, 1.807) is 12.1 Å². The first-order valence-corrected chi connectivity index (χ1v) is 4.82. The Kier molecular flexibility index (Phi) is 4.33. The molecule has 84 valence electrons. The average Bonchev–Trinajstić information content (AvgIpc) is 2.65. The molecule has 5 nitrogen and oxygen atoms in total. The Labute approximate surface area is 88.3 Å². The Balaban J connectivity index is 2.28. The number of nitrogens with one attached hydrogen (secondary N) is 1. The van der Waals surface area contributed by atoms with Crippen LogP contribution in [0, 0.1) is 0 Å². The van der Waals surface area contributed by atoms with E-state index >= 15 is 0 Å². The van der Waals surface area contributed by atoms with Crippen LogP contribution in [0.3, 0.4) is 0 Å². The van der Waals surface area contributed by atoms with Crippen LogP contribution in [-0.2, 0) is 4.79 Å². The van der Waals surface area contributed by atoms with Crippen molar-refractivity contribution in [3.8, 4) is 0 Å². The van der Waals surface area contributed by atoms with Crippen LogP contribution in [0.25, 0.3) is 0 Å². The summed E-state index contributed by atoms with van der Waals surface area (Å²) in [6.45, 7) is 2.17. The lowest BCUT2D eigenvalue weighted by molar-refractivity contribution is -0.118. The van der Waals surface area contributed by atoms with E-state index in [4.69, 9.17) is 10.2 Å². The minimum atomic E-state index is -0.699. The van der Waals surface area contributed by atoms with E-state index in [1.807, 2.05) is 6.92 Å². The molecule has 1 amide bonds. The highest BCUT2D eigenvalue weighted by molar-refractivity contribution is 5.74. The molecule has 2 atom stereocenters. The van der Waals surface area contributed by atoms with Gasteiger partial charge < -0.3 is 20.6 Å². The van der Waals surface area contributed by atoms with E-state index in [9.17, 15) is 9.90 Å². The van der Waals surface area contributed by atoms with Gasteiger partial charge in [-0.2, -0.15) is 0 Å². The molecule has 0 aliphatic rings. The highest BCUT2D eigenvalue weighted by Gasteiger charge is 2.12. The fraction of sp³-hybridized carbons (Fsp3) is 0.500. The Morgan fingerprint density at radius 2 is 2.47 bits per heavy atom. The van der Waals surface area contributed by atoms with Gasteiger partial charge in [-0.3, -0.25) is 4.79 Å². The summed E-state index contributed by atoms with van der Waals surface area (Å²) >= 11 is 0. The molecule has 0 spiro atoms. The number of rotatable bonds is 6. The summed E-state index contributed by atoms with van der Waals surface area (Å²) in [6.07, 6.45) is 1.06. The highest BCUT2D eigenvalue weighted by atomic mass is 16.4. The zero-order valence-corrected chi connectivity index (χ0v) is 8.64. The summed E-state index contributed by atoms with van der Waals surface area (Å²) in [5.74, 6) is 0.149. The number of nitrogens with two attached hydrogens (primary N) is 1. The molecule has 0 bridgehead atoms. The normalized spacial score (nSPS) is 14.8. The van der Waals surface area contributed by atoms with E-state index in [0.29, 0.717) is 12.3 Å². The maximum absolute atomic E-state index is 10.6. The van der Waals surface area contributed by atoms with E-state index in [2.05, 4.69) is 5.32 Å². The molecular weight excluding hydrogens is 196 g/mol. The minimum absolute atomic E-state index is 0.0490. The number of primary amides is 1. The zero-order chi connectivity index (χ0) is 11.3. The zero-order valence-electron chi connectivity index (χ0n) is 8.64. The standard InChI is InChI=1S/C10H16N2O3/c1-7(5-10(11)14)12-6-8(13)9-3-2-4-15-9/h2-4,7-8,12-13H,5-6H2,1H3,(H2,11,14). The highest BCUT2D eigenvalue weighted by Crippen LogP contribution is 2.11. The Morgan fingerprint density at radius 3 is 3.00 bits per heavy atom. The summed E-state index contributed by atoms with van der Waals surface area (Å²) in [5.41, 5.74) is 5.03. The van der Waals surface area contributed by atoms with Crippen molar-refractivity contribution in [2.24, 2.45) is 5.73 Å². The molecule has 0 radical (unpaired) electrons. The van der Waals surface area contributed by atoms with Gasteiger partial charge >= 0.3 is 0 Å². The molecule has 5 heteroatoms. The largest absolute Gasteiger partial charge is 0.467 e. The topological polar surface area (TPSA) is 88.5 Å². The lowest BCUT2D eigenvalue weighted by Gasteiger charge is -2.14. The van der Waals surface area contributed by atoms with Crippen molar-refractivity contribution in [1.82, 2.24) is 5.32 Å². The number of furan rings is 1.